The van der Waals surface area contributed by atoms with Gasteiger partial charge in [-0.1, -0.05) is 32.6 Å². The summed E-state index contributed by atoms with van der Waals surface area (Å²) < 4.78 is 0. The number of hydrogen-bond acceptors (Lipinski definition) is 3. The average molecular weight is 280 g/mol. The zero-order chi connectivity index (χ0) is 10.5. The molecule has 0 rings (SSSR count). The van der Waals surface area contributed by atoms with Crippen molar-refractivity contribution in [3.05, 3.63) is 0 Å². The molecule has 0 atom stereocenters. The number of hydrogen-bond donors (Lipinski definition) is 1. The third-order valence-corrected chi connectivity index (χ3v) is 1.48. The largest absolute Gasteiger partial charge is 0.550 e. The molecule has 0 aliphatic heterocycles. The third-order valence-electron chi connectivity index (χ3n) is 1.48. The molecule has 3 nitrogen and oxygen atoms in total. The van der Waals surface area contributed by atoms with Crippen LogP contribution in [0.2, 0.25) is 0 Å². The van der Waals surface area contributed by atoms with Gasteiger partial charge in [-0.2, -0.15) is 0 Å². The minimum Gasteiger partial charge on any atom is -0.550 e. The van der Waals surface area contributed by atoms with Gasteiger partial charge in [0.15, 0.2) is 0 Å². The summed E-state index contributed by atoms with van der Waals surface area (Å²) in [5.41, 5.74) is 0. The van der Waals surface area contributed by atoms with E-state index in [0.717, 1.165) is 19.3 Å². The van der Waals surface area contributed by atoms with E-state index in [4.69, 9.17) is 5.11 Å². The van der Waals surface area contributed by atoms with E-state index < -0.39 is 5.97 Å². The summed E-state index contributed by atoms with van der Waals surface area (Å²) in [4.78, 5) is 9.92. The molecule has 0 unspecified atom stereocenters. The zero-order valence-corrected chi connectivity index (χ0v) is 11.7. The van der Waals surface area contributed by atoms with Gasteiger partial charge in [-0.3, -0.25) is 0 Å². The molecule has 0 aromatic rings. The van der Waals surface area contributed by atoms with Gasteiger partial charge in [0.2, 0.25) is 0 Å². The molecule has 0 saturated heterocycles. The summed E-state index contributed by atoms with van der Waals surface area (Å²) >= 11 is 0. The molecule has 14 heavy (non-hydrogen) atoms. The number of aliphatic carboxylic acids is 1. The summed E-state index contributed by atoms with van der Waals surface area (Å²) in [5, 5.41) is 17.5. The maximum atomic E-state index is 9.92. The maximum Gasteiger partial charge on any atom is 0.0414 e. The number of aliphatic hydroxyl groups excluding tert-OH is 1. The van der Waals surface area contributed by atoms with E-state index in [1.165, 1.54) is 12.8 Å². The van der Waals surface area contributed by atoms with Gasteiger partial charge < -0.3 is 15.0 Å². The third kappa shape index (κ3) is 29.5. The van der Waals surface area contributed by atoms with Crippen molar-refractivity contribution in [1.29, 1.82) is 0 Å². The van der Waals surface area contributed by atoms with Crippen LogP contribution < -0.4 is 5.11 Å². The minimum absolute atomic E-state index is 0. The van der Waals surface area contributed by atoms with Crippen LogP contribution in [-0.2, 0) is 31.0 Å². The number of unbranched alkanes of at least 4 members (excludes halogenated alkanes) is 4. The predicted molar refractivity (Wildman–Crippen MR) is 51.1 cm³/mol. The monoisotopic (exact) mass is 279 g/mol. The van der Waals surface area contributed by atoms with E-state index in [1.54, 1.807) is 6.92 Å². The Morgan fingerprint density at radius 1 is 1.14 bits per heavy atom. The molecule has 0 saturated carbocycles. The van der Waals surface area contributed by atoms with Crippen LogP contribution in [-0.4, -0.2) is 17.7 Å². The van der Waals surface area contributed by atoms with Gasteiger partial charge >= 0.3 is 0 Å². The summed E-state index contributed by atoms with van der Waals surface area (Å²) in [7, 11) is 0. The molecule has 1 N–H and O–H groups in total. The normalized spacial score (nSPS) is 8.21. The molecule has 84 valence electrons. The Kier molecular flexibility index (Phi) is 26.9. The molecule has 0 aliphatic rings. The van der Waals surface area contributed by atoms with Crippen LogP contribution in [0.5, 0.6) is 0 Å². The van der Waals surface area contributed by atoms with E-state index in [-0.39, 0.29) is 39.2 Å². The van der Waals surface area contributed by atoms with E-state index >= 15 is 0 Å². The summed E-state index contributed by atoms with van der Waals surface area (Å²) in [6.45, 7) is 4.07. The van der Waals surface area contributed by atoms with Gasteiger partial charge in [-0.25, -0.2) is 0 Å². The number of carboxylic acid groups (broad SMARTS) is 1. The van der Waals surface area contributed by atoms with Crippen molar-refractivity contribution in [2.24, 2.45) is 0 Å². The Balaban J connectivity index is -0.000000267. The standard InChI is InChI=1S/C8H16O2.C2H6O.Zr/c1-2-3-4-5-6-7-8(9)10;1-2-3;/h2-7H2,1H3,(H,9,10);3H,2H2,1H3;/p-1. The molecule has 0 spiro atoms. The fourth-order valence-corrected chi connectivity index (χ4v) is 0.873. The number of rotatable bonds is 6. The molecule has 0 aromatic carbocycles. The Morgan fingerprint density at radius 3 is 1.93 bits per heavy atom. The Morgan fingerprint density at radius 2 is 1.57 bits per heavy atom. The fourth-order valence-electron chi connectivity index (χ4n) is 0.873. The number of aliphatic hydroxyl groups is 1. The van der Waals surface area contributed by atoms with Crippen LogP contribution in [0.15, 0.2) is 0 Å². The van der Waals surface area contributed by atoms with E-state index in [0.29, 0.717) is 0 Å². The van der Waals surface area contributed by atoms with Crippen LogP contribution in [0.3, 0.4) is 0 Å². The van der Waals surface area contributed by atoms with Crippen molar-refractivity contribution in [2.45, 2.75) is 52.4 Å². The predicted octanol–water partition coefficient (Wildman–Crippen LogP) is 1.09. The van der Waals surface area contributed by atoms with Crippen LogP contribution in [0.1, 0.15) is 52.4 Å². The first-order chi connectivity index (χ1) is 6.18. The molecule has 0 radical (unpaired) electrons. The maximum absolute atomic E-state index is 9.92. The van der Waals surface area contributed by atoms with Crippen molar-refractivity contribution < 1.29 is 41.2 Å². The Labute approximate surface area is 106 Å². The topological polar surface area (TPSA) is 60.4 Å². The molecular formula is C10H21O3Zr-. The van der Waals surface area contributed by atoms with Gasteiger partial charge in [0.05, 0.1) is 0 Å². The molecule has 0 aliphatic carbocycles. The molecule has 4 heteroatoms. The average Bonchev–Trinajstić information content (AvgIpc) is 2.05. The molecule has 0 amide bonds. The molecule has 0 bridgehead atoms. The second-order valence-electron chi connectivity index (χ2n) is 2.85. The summed E-state index contributed by atoms with van der Waals surface area (Å²) in [6, 6.07) is 0. The molecular weight excluding hydrogens is 259 g/mol. The van der Waals surface area contributed by atoms with Gasteiger partial charge in [0, 0.05) is 38.8 Å². The zero-order valence-electron chi connectivity index (χ0n) is 9.21. The number of carbonyl (C=O) groups excluding carboxylic acids is 1. The first-order valence-corrected chi connectivity index (χ1v) is 4.99. The SMILES string of the molecule is CCCCCCCC(=O)[O-].CCO.[Zr]. The van der Waals surface area contributed by atoms with Gasteiger partial charge in [-0.05, 0) is 19.8 Å². The first kappa shape index (κ1) is 19.8. The summed E-state index contributed by atoms with van der Waals surface area (Å²) in [5.74, 6) is -0.920. The van der Waals surface area contributed by atoms with E-state index in [9.17, 15) is 9.90 Å². The van der Waals surface area contributed by atoms with Gasteiger partial charge in [-0.15, -0.1) is 0 Å². The van der Waals surface area contributed by atoms with Crippen molar-refractivity contribution in [1.82, 2.24) is 0 Å². The second kappa shape index (κ2) is 19.0. The van der Waals surface area contributed by atoms with E-state index in [1.807, 2.05) is 0 Å². The minimum atomic E-state index is -0.920. The van der Waals surface area contributed by atoms with Crippen LogP contribution >= 0.6 is 0 Å². The first-order valence-electron chi connectivity index (χ1n) is 4.99. The quantitative estimate of drug-likeness (QED) is 0.741. The Hall–Kier alpha value is 0.313. The number of carbonyl (C=O) groups is 1. The van der Waals surface area contributed by atoms with E-state index in [2.05, 4.69) is 6.92 Å². The molecule has 0 aromatic heterocycles. The number of carboxylic acids is 1. The summed E-state index contributed by atoms with van der Waals surface area (Å²) in [6.07, 6.45) is 5.61. The van der Waals surface area contributed by atoms with Crippen molar-refractivity contribution in [3.8, 4) is 0 Å². The van der Waals surface area contributed by atoms with Crippen LogP contribution in [0, 0.1) is 0 Å². The van der Waals surface area contributed by atoms with Gasteiger partial charge in [0.25, 0.3) is 0 Å². The molecule has 0 heterocycles. The van der Waals surface area contributed by atoms with Crippen molar-refractivity contribution >= 4 is 5.97 Å². The fraction of sp³-hybridized carbons (Fsp3) is 0.900. The smallest absolute Gasteiger partial charge is 0.0414 e. The van der Waals surface area contributed by atoms with Crippen molar-refractivity contribution in [2.75, 3.05) is 6.61 Å². The van der Waals surface area contributed by atoms with Crippen LogP contribution in [0.25, 0.3) is 0 Å². The van der Waals surface area contributed by atoms with Crippen LogP contribution in [0.4, 0.5) is 0 Å². The second-order valence-corrected chi connectivity index (χ2v) is 2.85. The van der Waals surface area contributed by atoms with Gasteiger partial charge in [0.1, 0.15) is 0 Å². The Bertz CT molecular complexity index is 108. The molecule has 0 fully saturated rings. The van der Waals surface area contributed by atoms with Crippen molar-refractivity contribution in [3.63, 3.8) is 0 Å².